The summed E-state index contributed by atoms with van der Waals surface area (Å²) in [6, 6.07) is 10.3. The minimum absolute atomic E-state index is 0.0346. The summed E-state index contributed by atoms with van der Waals surface area (Å²) in [5, 5.41) is 13.0. The molecule has 0 aromatic heterocycles. The summed E-state index contributed by atoms with van der Waals surface area (Å²) in [5.41, 5.74) is 0.941. The van der Waals surface area contributed by atoms with Crippen molar-refractivity contribution in [3.8, 4) is 0 Å². The molecule has 0 spiro atoms. The third-order valence-corrected chi connectivity index (χ3v) is 4.13. The SMILES string of the molecule is Cc1ccc(C(=O)[C@H](C)OC(=O)CNC(=O)c2ccc(Cl)c([N+](=O)[O-])c2)cc1. The maximum absolute atomic E-state index is 12.2. The lowest BCUT2D eigenvalue weighted by molar-refractivity contribution is -0.384. The maximum atomic E-state index is 12.2. The van der Waals surface area contributed by atoms with Gasteiger partial charge in [0, 0.05) is 17.2 Å². The first-order valence-electron chi connectivity index (χ1n) is 8.21. The second kappa shape index (κ2) is 9.09. The molecule has 2 aromatic carbocycles. The molecule has 0 saturated carbocycles. The Morgan fingerprint density at radius 3 is 2.36 bits per heavy atom. The van der Waals surface area contributed by atoms with Crippen LogP contribution in [0, 0.1) is 17.0 Å². The summed E-state index contributed by atoms with van der Waals surface area (Å²) in [4.78, 5) is 46.3. The molecule has 2 aromatic rings. The van der Waals surface area contributed by atoms with E-state index in [1.54, 1.807) is 24.3 Å². The van der Waals surface area contributed by atoms with Gasteiger partial charge in [-0.3, -0.25) is 24.5 Å². The first-order valence-corrected chi connectivity index (χ1v) is 8.59. The summed E-state index contributed by atoms with van der Waals surface area (Å²) in [5.74, 6) is -1.90. The van der Waals surface area contributed by atoms with Gasteiger partial charge in [-0.15, -0.1) is 0 Å². The van der Waals surface area contributed by atoms with Crippen LogP contribution in [0.1, 0.15) is 33.2 Å². The topological polar surface area (TPSA) is 116 Å². The zero-order valence-corrected chi connectivity index (χ0v) is 15.9. The third kappa shape index (κ3) is 5.37. The van der Waals surface area contributed by atoms with Crippen molar-refractivity contribution < 1.29 is 24.0 Å². The summed E-state index contributed by atoms with van der Waals surface area (Å²) in [6.07, 6.45) is -1.02. The van der Waals surface area contributed by atoms with Crippen molar-refractivity contribution in [2.24, 2.45) is 0 Å². The predicted octanol–water partition coefficient (Wildman–Crippen LogP) is 3.10. The van der Waals surface area contributed by atoms with Gasteiger partial charge in [0.15, 0.2) is 6.10 Å². The average Bonchev–Trinajstić information content (AvgIpc) is 2.66. The number of hydrogen-bond donors (Lipinski definition) is 1. The maximum Gasteiger partial charge on any atom is 0.326 e. The molecule has 0 heterocycles. The molecule has 1 amide bonds. The van der Waals surface area contributed by atoms with Gasteiger partial charge in [0.2, 0.25) is 5.78 Å². The van der Waals surface area contributed by atoms with Crippen LogP contribution >= 0.6 is 11.6 Å². The number of halogens is 1. The third-order valence-electron chi connectivity index (χ3n) is 3.81. The normalized spacial score (nSPS) is 11.4. The number of nitro groups is 1. The van der Waals surface area contributed by atoms with Crippen LogP contribution in [0.25, 0.3) is 0 Å². The number of rotatable bonds is 7. The Morgan fingerprint density at radius 1 is 1.14 bits per heavy atom. The van der Waals surface area contributed by atoms with E-state index in [1.165, 1.54) is 19.1 Å². The number of carbonyl (C=O) groups is 3. The van der Waals surface area contributed by atoms with Crippen LogP contribution in [-0.4, -0.2) is 35.2 Å². The number of nitrogens with one attached hydrogen (secondary N) is 1. The van der Waals surface area contributed by atoms with E-state index >= 15 is 0 Å². The Labute approximate surface area is 165 Å². The van der Waals surface area contributed by atoms with Crippen LogP contribution < -0.4 is 5.32 Å². The van der Waals surface area contributed by atoms with Gasteiger partial charge in [-0.1, -0.05) is 41.4 Å². The van der Waals surface area contributed by atoms with Crippen molar-refractivity contribution in [3.05, 3.63) is 74.3 Å². The zero-order valence-electron chi connectivity index (χ0n) is 15.1. The van der Waals surface area contributed by atoms with Crippen molar-refractivity contribution in [1.82, 2.24) is 5.32 Å². The predicted molar refractivity (Wildman–Crippen MR) is 102 cm³/mol. The molecule has 8 nitrogen and oxygen atoms in total. The number of esters is 1. The van der Waals surface area contributed by atoms with E-state index in [0.717, 1.165) is 11.6 Å². The van der Waals surface area contributed by atoms with E-state index in [4.69, 9.17) is 16.3 Å². The van der Waals surface area contributed by atoms with Gasteiger partial charge < -0.3 is 10.1 Å². The molecule has 146 valence electrons. The molecule has 0 aliphatic rings. The lowest BCUT2D eigenvalue weighted by Gasteiger charge is -2.13. The number of hydrogen-bond acceptors (Lipinski definition) is 6. The fourth-order valence-corrected chi connectivity index (χ4v) is 2.48. The number of nitro benzene ring substituents is 1. The lowest BCUT2D eigenvalue weighted by Crippen LogP contribution is -2.34. The number of aryl methyl sites for hydroxylation is 1. The Hall–Kier alpha value is -3.26. The van der Waals surface area contributed by atoms with E-state index in [9.17, 15) is 24.5 Å². The Bertz CT molecular complexity index is 927. The molecule has 2 rings (SSSR count). The molecule has 0 aliphatic heterocycles. The molecule has 0 saturated heterocycles. The number of Topliss-reactive ketones (excluding diaryl/α,β-unsaturated/α-hetero) is 1. The molecule has 0 unspecified atom stereocenters. The summed E-state index contributed by atoms with van der Waals surface area (Å²) in [6.45, 7) is 2.82. The molecule has 1 atom stereocenters. The number of carbonyl (C=O) groups excluding carboxylic acids is 3. The monoisotopic (exact) mass is 404 g/mol. The smallest absolute Gasteiger partial charge is 0.326 e. The van der Waals surface area contributed by atoms with E-state index in [2.05, 4.69) is 5.32 Å². The van der Waals surface area contributed by atoms with Crippen molar-refractivity contribution in [1.29, 1.82) is 0 Å². The van der Waals surface area contributed by atoms with Crippen LogP contribution in [0.2, 0.25) is 5.02 Å². The van der Waals surface area contributed by atoms with Gasteiger partial charge in [0.1, 0.15) is 11.6 Å². The molecule has 1 N–H and O–H groups in total. The first-order chi connectivity index (χ1) is 13.2. The highest BCUT2D eigenvalue weighted by Gasteiger charge is 2.21. The molecule has 0 fully saturated rings. The molecular weight excluding hydrogens is 388 g/mol. The highest BCUT2D eigenvalue weighted by Crippen LogP contribution is 2.24. The van der Waals surface area contributed by atoms with E-state index in [0.29, 0.717) is 5.56 Å². The molecule has 9 heteroatoms. The van der Waals surface area contributed by atoms with Gasteiger partial charge >= 0.3 is 5.97 Å². The molecule has 0 radical (unpaired) electrons. The largest absolute Gasteiger partial charge is 0.453 e. The van der Waals surface area contributed by atoms with E-state index in [1.807, 2.05) is 6.92 Å². The van der Waals surface area contributed by atoms with Crippen molar-refractivity contribution in [3.63, 3.8) is 0 Å². The fourth-order valence-electron chi connectivity index (χ4n) is 2.29. The van der Waals surface area contributed by atoms with Gasteiger partial charge in [0.25, 0.3) is 11.6 Å². The molecule has 28 heavy (non-hydrogen) atoms. The number of nitrogens with zero attached hydrogens (tertiary/aromatic N) is 1. The second-order valence-corrected chi connectivity index (χ2v) is 6.38. The summed E-state index contributed by atoms with van der Waals surface area (Å²) >= 11 is 5.69. The van der Waals surface area contributed by atoms with Crippen molar-refractivity contribution >= 4 is 34.9 Å². The number of ether oxygens (including phenoxy) is 1. The van der Waals surface area contributed by atoms with Crippen molar-refractivity contribution in [2.45, 2.75) is 20.0 Å². The molecule has 0 bridgehead atoms. The molecule has 0 aliphatic carbocycles. The highest BCUT2D eigenvalue weighted by molar-refractivity contribution is 6.32. The molecular formula is C19H17ClN2O6. The fraction of sp³-hybridized carbons (Fsp3) is 0.211. The van der Waals surface area contributed by atoms with Crippen LogP contribution in [0.5, 0.6) is 0 Å². The van der Waals surface area contributed by atoms with Crippen molar-refractivity contribution in [2.75, 3.05) is 6.54 Å². The highest BCUT2D eigenvalue weighted by atomic mass is 35.5. The van der Waals surface area contributed by atoms with Gasteiger partial charge in [0.05, 0.1) is 4.92 Å². The van der Waals surface area contributed by atoms with Crippen LogP contribution in [0.15, 0.2) is 42.5 Å². The van der Waals surface area contributed by atoms with Crippen LogP contribution in [0.4, 0.5) is 5.69 Å². The van der Waals surface area contributed by atoms with Crippen LogP contribution in [0.3, 0.4) is 0 Å². The summed E-state index contributed by atoms with van der Waals surface area (Å²) in [7, 11) is 0. The Balaban J connectivity index is 1.92. The van der Waals surface area contributed by atoms with Gasteiger partial charge in [-0.25, -0.2) is 0 Å². The number of amides is 1. The van der Waals surface area contributed by atoms with Crippen LogP contribution in [-0.2, 0) is 9.53 Å². The minimum Gasteiger partial charge on any atom is -0.453 e. The minimum atomic E-state index is -1.02. The van der Waals surface area contributed by atoms with E-state index in [-0.39, 0.29) is 16.4 Å². The average molecular weight is 405 g/mol. The Morgan fingerprint density at radius 2 is 1.75 bits per heavy atom. The first kappa shape index (κ1) is 21.0. The Kier molecular flexibility index (Phi) is 6.84. The van der Waals surface area contributed by atoms with E-state index < -0.39 is 35.1 Å². The number of ketones is 1. The van der Waals surface area contributed by atoms with Gasteiger partial charge in [-0.2, -0.15) is 0 Å². The lowest BCUT2D eigenvalue weighted by atomic mass is 10.1. The second-order valence-electron chi connectivity index (χ2n) is 5.97. The van der Waals surface area contributed by atoms with Gasteiger partial charge in [-0.05, 0) is 26.0 Å². The number of benzene rings is 2. The standard InChI is InChI=1S/C19H17ClN2O6/c1-11-3-5-13(6-4-11)18(24)12(2)28-17(23)10-21-19(25)14-7-8-15(20)16(9-14)22(26)27/h3-9,12H,10H2,1-2H3,(H,21,25)/t12-/m0/s1. The zero-order chi connectivity index (χ0) is 20.8. The quantitative estimate of drug-likeness (QED) is 0.328. The summed E-state index contributed by atoms with van der Waals surface area (Å²) < 4.78 is 5.03.